The summed E-state index contributed by atoms with van der Waals surface area (Å²) in [5.74, 6) is 2.28. The highest BCUT2D eigenvalue weighted by Crippen LogP contribution is 2.28. The lowest BCUT2D eigenvalue weighted by atomic mass is 10.1. The van der Waals surface area contributed by atoms with Crippen LogP contribution < -0.4 is 18.9 Å². The van der Waals surface area contributed by atoms with E-state index >= 15 is 0 Å². The molecular weight excluding hydrogens is 308 g/mol. The lowest BCUT2D eigenvalue weighted by Gasteiger charge is -2.08. The van der Waals surface area contributed by atoms with Gasteiger partial charge in [0.05, 0.1) is 28.4 Å². The van der Waals surface area contributed by atoms with Crippen LogP contribution in [0.3, 0.4) is 0 Å². The zero-order chi connectivity index (χ0) is 17.5. The van der Waals surface area contributed by atoms with E-state index in [-0.39, 0.29) is 5.78 Å². The molecule has 2 rings (SSSR count). The molecule has 0 fully saturated rings. The Balaban J connectivity index is 2.27. The molecule has 5 heteroatoms. The fourth-order valence-corrected chi connectivity index (χ4v) is 2.22. The van der Waals surface area contributed by atoms with Crippen LogP contribution in [-0.2, 0) is 0 Å². The van der Waals surface area contributed by atoms with Crippen molar-refractivity contribution in [3.63, 3.8) is 0 Å². The molecule has 5 nitrogen and oxygen atoms in total. The third-order valence-electron chi connectivity index (χ3n) is 3.52. The van der Waals surface area contributed by atoms with Crippen molar-refractivity contribution in [2.75, 3.05) is 28.4 Å². The van der Waals surface area contributed by atoms with Crippen molar-refractivity contribution in [2.45, 2.75) is 0 Å². The first kappa shape index (κ1) is 17.4. The van der Waals surface area contributed by atoms with E-state index in [2.05, 4.69) is 0 Å². The molecule has 126 valence electrons. The molecule has 2 aromatic rings. The van der Waals surface area contributed by atoms with E-state index in [1.54, 1.807) is 63.8 Å². The van der Waals surface area contributed by atoms with Crippen LogP contribution in [0.25, 0.3) is 6.08 Å². The Morgan fingerprint density at radius 3 is 2.08 bits per heavy atom. The number of hydrogen-bond acceptors (Lipinski definition) is 5. The lowest BCUT2D eigenvalue weighted by Crippen LogP contribution is -1.97. The van der Waals surface area contributed by atoms with Crippen molar-refractivity contribution in [1.29, 1.82) is 0 Å². The molecule has 0 radical (unpaired) electrons. The van der Waals surface area contributed by atoms with Crippen LogP contribution in [-0.4, -0.2) is 34.2 Å². The summed E-state index contributed by atoms with van der Waals surface area (Å²) in [7, 11) is 6.25. The number of rotatable bonds is 7. The van der Waals surface area contributed by atoms with Gasteiger partial charge in [0.2, 0.25) is 0 Å². The van der Waals surface area contributed by atoms with E-state index < -0.39 is 0 Å². The van der Waals surface area contributed by atoms with Gasteiger partial charge in [0, 0.05) is 11.1 Å². The average Bonchev–Trinajstić information content (AvgIpc) is 2.64. The van der Waals surface area contributed by atoms with Gasteiger partial charge in [0.1, 0.15) is 11.5 Å². The molecule has 0 aliphatic rings. The quantitative estimate of drug-likeness (QED) is 0.574. The molecule has 0 amide bonds. The minimum Gasteiger partial charge on any atom is -0.497 e. The third kappa shape index (κ3) is 3.87. The maximum atomic E-state index is 12.4. The zero-order valence-corrected chi connectivity index (χ0v) is 14.2. The summed E-state index contributed by atoms with van der Waals surface area (Å²) >= 11 is 0. The van der Waals surface area contributed by atoms with E-state index in [0.717, 1.165) is 5.56 Å². The fourth-order valence-electron chi connectivity index (χ4n) is 2.22. The van der Waals surface area contributed by atoms with Crippen LogP contribution in [0.4, 0.5) is 0 Å². The molecule has 0 saturated carbocycles. The second kappa shape index (κ2) is 8.06. The van der Waals surface area contributed by atoms with Crippen molar-refractivity contribution in [3.8, 4) is 23.0 Å². The number of ether oxygens (including phenoxy) is 4. The summed E-state index contributed by atoms with van der Waals surface area (Å²) in [5, 5.41) is 0. The van der Waals surface area contributed by atoms with Crippen LogP contribution in [0, 0.1) is 0 Å². The Morgan fingerprint density at radius 1 is 0.792 bits per heavy atom. The largest absolute Gasteiger partial charge is 0.497 e. The van der Waals surface area contributed by atoms with Crippen LogP contribution in [0.15, 0.2) is 42.5 Å². The highest BCUT2D eigenvalue weighted by atomic mass is 16.5. The summed E-state index contributed by atoms with van der Waals surface area (Å²) in [5.41, 5.74) is 1.26. The normalized spacial score (nSPS) is 10.5. The second-order valence-corrected chi connectivity index (χ2v) is 4.88. The molecule has 0 heterocycles. The van der Waals surface area contributed by atoms with E-state index in [9.17, 15) is 4.79 Å². The Morgan fingerprint density at radius 2 is 1.46 bits per heavy atom. The summed E-state index contributed by atoms with van der Waals surface area (Å²) < 4.78 is 20.9. The van der Waals surface area contributed by atoms with E-state index in [1.807, 2.05) is 0 Å². The molecule has 0 spiro atoms. The zero-order valence-electron chi connectivity index (χ0n) is 14.2. The number of carbonyl (C=O) groups is 1. The molecule has 0 aliphatic heterocycles. The lowest BCUT2D eigenvalue weighted by molar-refractivity contribution is 0.104. The minimum atomic E-state index is -0.152. The Bertz CT molecular complexity index is 749. The Labute approximate surface area is 141 Å². The van der Waals surface area contributed by atoms with E-state index in [4.69, 9.17) is 18.9 Å². The highest BCUT2D eigenvalue weighted by Gasteiger charge is 2.09. The van der Waals surface area contributed by atoms with E-state index in [1.165, 1.54) is 13.2 Å². The second-order valence-electron chi connectivity index (χ2n) is 4.88. The predicted molar refractivity (Wildman–Crippen MR) is 92.5 cm³/mol. The predicted octanol–water partition coefficient (Wildman–Crippen LogP) is 3.62. The van der Waals surface area contributed by atoms with Crippen molar-refractivity contribution in [2.24, 2.45) is 0 Å². The molecule has 0 bridgehead atoms. The number of allylic oxidation sites excluding steroid dienone is 1. The summed E-state index contributed by atoms with van der Waals surface area (Å²) in [6.45, 7) is 0. The average molecular weight is 328 g/mol. The van der Waals surface area contributed by atoms with Crippen molar-refractivity contribution in [1.82, 2.24) is 0 Å². The number of methoxy groups -OCH3 is 4. The molecule has 2 aromatic carbocycles. The molecule has 0 N–H and O–H groups in total. The molecule has 0 saturated heterocycles. The van der Waals surface area contributed by atoms with Crippen LogP contribution in [0.2, 0.25) is 0 Å². The van der Waals surface area contributed by atoms with Crippen molar-refractivity contribution < 1.29 is 23.7 Å². The maximum Gasteiger partial charge on any atom is 0.185 e. The Kier molecular flexibility index (Phi) is 5.84. The summed E-state index contributed by atoms with van der Waals surface area (Å²) in [6.07, 6.45) is 3.18. The third-order valence-corrected chi connectivity index (χ3v) is 3.52. The van der Waals surface area contributed by atoms with Gasteiger partial charge < -0.3 is 18.9 Å². The standard InChI is InChI=1S/C19H20O5/c1-21-15-7-10-17(22-2)14(11-15)5-8-16(20)13-6-9-18(23-3)19(12-13)24-4/h5-12H,1-4H3. The molecule has 0 aromatic heterocycles. The van der Waals surface area contributed by atoms with Crippen LogP contribution in [0.1, 0.15) is 15.9 Å². The van der Waals surface area contributed by atoms with Gasteiger partial charge in [-0.2, -0.15) is 0 Å². The van der Waals surface area contributed by atoms with Crippen LogP contribution in [0.5, 0.6) is 23.0 Å². The minimum absolute atomic E-state index is 0.152. The van der Waals surface area contributed by atoms with Gasteiger partial charge in [-0.1, -0.05) is 0 Å². The first-order chi connectivity index (χ1) is 11.6. The summed E-state index contributed by atoms with van der Waals surface area (Å²) in [4.78, 5) is 12.4. The summed E-state index contributed by atoms with van der Waals surface area (Å²) in [6, 6.07) is 10.4. The van der Waals surface area contributed by atoms with Gasteiger partial charge in [-0.05, 0) is 48.6 Å². The number of carbonyl (C=O) groups excluding carboxylic acids is 1. The molecule has 0 unspecified atom stereocenters. The van der Waals surface area contributed by atoms with E-state index in [0.29, 0.717) is 28.6 Å². The van der Waals surface area contributed by atoms with Crippen molar-refractivity contribution >= 4 is 11.9 Å². The van der Waals surface area contributed by atoms with Gasteiger partial charge in [-0.25, -0.2) is 0 Å². The van der Waals surface area contributed by atoms with Gasteiger partial charge >= 0.3 is 0 Å². The molecule has 0 atom stereocenters. The van der Waals surface area contributed by atoms with Gasteiger partial charge in [0.15, 0.2) is 17.3 Å². The monoisotopic (exact) mass is 328 g/mol. The smallest absolute Gasteiger partial charge is 0.185 e. The SMILES string of the molecule is COc1ccc(OC)c(C=CC(=O)c2ccc(OC)c(OC)c2)c1. The molecule has 24 heavy (non-hydrogen) atoms. The first-order valence-electron chi connectivity index (χ1n) is 7.29. The number of ketones is 1. The van der Waals surface area contributed by atoms with Gasteiger partial charge in [0.25, 0.3) is 0 Å². The fraction of sp³-hybridized carbons (Fsp3) is 0.211. The Hall–Kier alpha value is -2.95. The number of benzene rings is 2. The van der Waals surface area contributed by atoms with Gasteiger partial charge in [-0.3, -0.25) is 4.79 Å². The molecular formula is C19H20O5. The van der Waals surface area contributed by atoms with Gasteiger partial charge in [-0.15, -0.1) is 0 Å². The van der Waals surface area contributed by atoms with Crippen LogP contribution >= 0.6 is 0 Å². The first-order valence-corrected chi connectivity index (χ1v) is 7.29. The topological polar surface area (TPSA) is 54.0 Å². The maximum absolute atomic E-state index is 12.4. The molecule has 0 aliphatic carbocycles. The highest BCUT2D eigenvalue weighted by molar-refractivity contribution is 6.07. The number of hydrogen-bond donors (Lipinski definition) is 0. The van der Waals surface area contributed by atoms with Crippen molar-refractivity contribution in [3.05, 3.63) is 53.6 Å².